The molecule has 1 nitrogen and oxygen atoms in total. The Hall–Kier alpha value is -0.980. The number of aryl methyl sites for hydroxylation is 1. The molecule has 2 atom stereocenters. The van der Waals surface area contributed by atoms with E-state index >= 15 is 0 Å². The Labute approximate surface area is 106 Å². The van der Waals surface area contributed by atoms with Crippen LogP contribution in [0.1, 0.15) is 63.5 Å². The molecule has 2 unspecified atom stereocenters. The molecule has 0 radical (unpaired) electrons. The van der Waals surface area contributed by atoms with Crippen molar-refractivity contribution in [2.24, 2.45) is 5.92 Å². The van der Waals surface area contributed by atoms with Crippen LogP contribution in [0.25, 0.3) is 0 Å². The molecule has 1 heteroatoms. The van der Waals surface area contributed by atoms with Gasteiger partial charge in [0.2, 0.25) is 0 Å². The van der Waals surface area contributed by atoms with Crippen LogP contribution >= 0.6 is 0 Å². The normalized spacial score (nSPS) is 14.6. The molecule has 0 amide bonds. The van der Waals surface area contributed by atoms with Gasteiger partial charge in [-0.15, -0.1) is 0 Å². The SMILES string of the molecule is CCCCC(C)CC(C)c1ccc(O)c(C)c1. The molecule has 0 aromatic heterocycles. The van der Waals surface area contributed by atoms with Gasteiger partial charge in [-0.2, -0.15) is 0 Å². The fourth-order valence-electron chi connectivity index (χ4n) is 2.40. The van der Waals surface area contributed by atoms with E-state index in [1.165, 1.54) is 31.2 Å². The van der Waals surface area contributed by atoms with Gasteiger partial charge >= 0.3 is 0 Å². The molecule has 0 heterocycles. The van der Waals surface area contributed by atoms with E-state index in [2.05, 4.69) is 32.9 Å². The minimum Gasteiger partial charge on any atom is -0.508 e. The summed E-state index contributed by atoms with van der Waals surface area (Å²) in [6, 6.07) is 5.99. The topological polar surface area (TPSA) is 20.2 Å². The van der Waals surface area contributed by atoms with E-state index in [9.17, 15) is 5.11 Å². The van der Waals surface area contributed by atoms with Gasteiger partial charge in [-0.05, 0) is 42.4 Å². The highest BCUT2D eigenvalue weighted by Crippen LogP contribution is 2.28. The van der Waals surface area contributed by atoms with Crippen molar-refractivity contribution in [2.45, 2.75) is 59.3 Å². The monoisotopic (exact) mass is 234 g/mol. The lowest BCUT2D eigenvalue weighted by Crippen LogP contribution is -2.02. The minimum atomic E-state index is 0.403. The molecule has 0 aliphatic heterocycles. The van der Waals surface area contributed by atoms with Crippen LogP contribution in [-0.4, -0.2) is 5.11 Å². The first-order chi connectivity index (χ1) is 8.04. The smallest absolute Gasteiger partial charge is 0.118 e. The lowest BCUT2D eigenvalue weighted by molar-refractivity contribution is 0.437. The van der Waals surface area contributed by atoms with E-state index in [1.54, 1.807) is 0 Å². The van der Waals surface area contributed by atoms with Crippen molar-refractivity contribution in [1.82, 2.24) is 0 Å². The first-order valence-corrected chi connectivity index (χ1v) is 6.84. The second-order valence-corrected chi connectivity index (χ2v) is 5.43. The van der Waals surface area contributed by atoms with Gasteiger partial charge in [-0.25, -0.2) is 0 Å². The van der Waals surface area contributed by atoms with Crippen LogP contribution in [0.2, 0.25) is 0 Å². The Kier molecular flexibility index (Phi) is 5.54. The van der Waals surface area contributed by atoms with Crippen LogP contribution in [0, 0.1) is 12.8 Å². The molecule has 1 N–H and O–H groups in total. The van der Waals surface area contributed by atoms with Crippen LogP contribution in [0.5, 0.6) is 5.75 Å². The molecule has 0 saturated heterocycles. The largest absolute Gasteiger partial charge is 0.508 e. The van der Waals surface area contributed by atoms with Crippen molar-refractivity contribution in [1.29, 1.82) is 0 Å². The number of aromatic hydroxyl groups is 1. The summed E-state index contributed by atoms with van der Waals surface area (Å²) in [5, 5.41) is 9.52. The lowest BCUT2D eigenvalue weighted by atomic mass is 9.88. The fourth-order valence-corrected chi connectivity index (χ4v) is 2.40. The molecule has 17 heavy (non-hydrogen) atoms. The summed E-state index contributed by atoms with van der Waals surface area (Å²) in [5.74, 6) is 1.78. The van der Waals surface area contributed by atoms with Gasteiger partial charge in [0.1, 0.15) is 5.75 Å². The molecular formula is C16H26O. The predicted octanol–water partition coefficient (Wildman–Crippen LogP) is 5.02. The maximum absolute atomic E-state index is 9.52. The minimum absolute atomic E-state index is 0.403. The standard InChI is InChI=1S/C16H26O/c1-5-6-7-12(2)10-13(3)15-8-9-16(17)14(4)11-15/h8-9,11-13,17H,5-7,10H2,1-4H3. The third-order valence-corrected chi connectivity index (χ3v) is 3.60. The zero-order valence-electron chi connectivity index (χ0n) is 11.7. The van der Waals surface area contributed by atoms with E-state index in [1.807, 2.05) is 13.0 Å². The van der Waals surface area contributed by atoms with Crippen LogP contribution < -0.4 is 0 Å². The van der Waals surface area contributed by atoms with Gasteiger partial charge in [0.05, 0.1) is 0 Å². The molecule has 1 rings (SSSR count). The number of hydrogen-bond acceptors (Lipinski definition) is 1. The molecular weight excluding hydrogens is 208 g/mol. The van der Waals surface area contributed by atoms with Crippen molar-refractivity contribution in [2.75, 3.05) is 0 Å². The third kappa shape index (κ3) is 4.41. The van der Waals surface area contributed by atoms with Gasteiger partial charge < -0.3 is 5.11 Å². The van der Waals surface area contributed by atoms with Gasteiger partial charge in [0, 0.05) is 0 Å². The third-order valence-electron chi connectivity index (χ3n) is 3.60. The Balaban J connectivity index is 2.57. The Morgan fingerprint density at radius 1 is 1.24 bits per heavy atom. The Morgan fingerprint density at radius 2 is 1.94 bits per heavy atom. The van der Waals surface area contributed by atoms with Crippen molar-refractivity contribution in [3.63, 3.8) is 0 Å². The van der Waals surface area contributed by atoms with E-state index in [0.29, 0.717) is 11.7 Å². The number of benzene rings is 1. The molecule has 1 aromatic rings. The summed E-state index contributed by atoms with van der Waals surface area (Å²) in [6.07, 6.45) is 5.20. The molecule has 0 saturated carbocycles. The maximum atomic E-state index is 9.52. The lowest BCUT2D eigenvalue weighted by Gasteiger charge is -2.18. The average molecular weight is 234 g/mol. The predicted molar refractivity (Wildman–Crippen MR) is 74.6 cm³/mol. The molecule has 0 aliphatic rings. The highest BCUT2D eigenvalue weighted by molar-refractivity contribution is 5.36. The molecule has 0 fully saturated rings. The highest BCUT2D eigenvalue weighted by Gasteiger charge is 2.11. The molecule has 0 bridgehead atoms. The first-order valence-electron chi connectivity index (χ1n) is 6.84. The van der Waals surface area contributed by atoms with E-state index in [4.69, 9.17) is 0 Å². The highest BCUT2D eigenvalue weighted by atomic mass is 16.3. The van der Waals surface area contributed by atoms with Crippen molar-refractivity contribution < 1.29 is 5.11 Å². The summed E-state index contributed by atoms with van der Waals surface area (Å²) < 4.78 is 0. The second-order valence-electron chi connectivity index (χ2n) is 5.43. The number of unbranched alkanes of at least 4 members (excludes halogenated alkanes) is 1. The number of hydrogen-bond donors (Lipinski definition) is 1. The van der Waals surface area contributed by atoms with Crippen LogP contribution in [0.3, 0.4) is 0 Å². The zero-order chi connectivity index (χ0) is 12.8. The summed E-state index contributed by atoms with van der Waals surface area (Å²) >= 11 is 0. The van der Waals surface area contributed by atoms with Gasteiger partial charge in [0.15, 0.2) is 0 Å². The Bertz CT molecular complexity index is 343. The van der Waals surface area contributed by atoms with Crippen LogP contribution in [0.15, 0.2) is 18.2 Å². The number of phenols is 1. The molecule has 0 spiro atoms. The van der Waals surface area contributed by atoms with Crippen molar-refractivity contribution >= 4 is 0 Å². The van der Waals surface area contributed by atoms with Crippen molar-refractivity contribution in [3.8, 4) is 5.75 Å². The quantitative estimate of drug-likeness (QED) is 0.732. The van der Waals surface area contributed by atoms with Gasteiger partial charge in [-0.1, -0.05) is 52.2 Å². The molecule has 1 aromatic carbocycles. The second kappa shape index (κ2) is 6.68. The summed E-state index contributed by atoms with van der Waals surface area (Å²) in [7, 11) is 0. The fraction of sp³-hybridized carbons (Fsp3) is 0.625. The van der Waals surface area contributed by atoms with Crippen LogP contribution in [0.4, 0.5) is 0 Å². The molecule has 0 aliphatic carbocycles. The summed E-state index contributed by atoms with van der Waals surface area (Å²) in [5.41, 5.74) is 2.33. The van der Waals surface area contributed by atoms with E-state index in [0.717, 1.165) is 11.5 Å². The van der Waals surface area contributed by atoms with E-state index < -0.39 is 0 Å². The van der Waals surface area contributed by atoms with E-state index in [-0.39, 0.29) is 0 Å². The van der Waals surface area contributed by atoms with Crippen LogP contribution in [-0.2, 0) is 0 Å². The summed E-state index contributed by atoms with van der Waals surface area (Å²) in [6.45, 7) is 8.85. The average Bonchev–Trinajstić information content (AvgIpc) is 2.30. The number of phenolic OH excluding ortho intramolecular Hbond substituents is 1. The van der Waals surface area contributed by atoms with Crippen molar-refractivity contribution in [3.05, 3.63) is 29.3 Å². The van der Waals surface area contributed by atoms with Gasteiger partial charge in [-0.3, -0.25) is 0 Å². The Morgan fingerprint density at radius 3 is 2.53 bits per heavy atom. The van der Waals surface area contributed by atoms with Gasteiger partial charge in [0.25, 0.3) is 0 Å². The molecule has 96 valence electrons. The zero-order valence-corrected chi connectivity index (χ0v) is 11.7. The number of rotatable bonds is 6. The maximum Gasteiger partial charge on any atom is 0.118 e. The first kappa shape index (κ1) is 14.1. The summed E-state index contributed by atoms with van der Waals surface area (Å²) in [4.78, 5) is 0.